The Bertz CT molecular complexity index is 381. The Labute approximate surface area is 99.2 Å². The van der Waals surface area contributed by atoms with Gasteiger partial charge in [0.1, 0.15) is 0 Å². The predicted molar refractivity (Wildman–Crippen MR) is 60.5 cm³/mol. The molecule has 1 aliphatic heterocycles. The Morgan fingerprint density at radius 1 is 1.24 bits per heavy atom. The lowest BCUT2D eigenvalue weighted by Gasteiger charge is -2.34. The van der Waals surface area contributed by atoms with Crippen LogP contribution in [0.2, 0.25) is 0 Å². The Morgan fingerprint density at radius 2 is 1.94 bits per heavy atom. The smallest absolute Gasteiger partial charge is 0.159 e. The van der Waals surface area contributed by atoms with E-state index in [2.05, 4.69) is 4.90 Å². The first kappa shape index (κ1) is 12.4. The first-order valence-corrected chi connectivity index (χ1v) is 5.69. The summed E-state index contributed by atoms with van der Waals surface area (Å²) in [5, 5.41) is 0. The van der Waals surface area contributed by atoms with Crippen LogP contribution in [0.5, 0.6) is 0 Å². The van der Waals surface area contributed by atoms with Crippen molar-refractivity contribution in [1.82, 2.24) is 4.90 Å². The number of ether oxygens (including phenoxy) is 1. The van der Waals surface area contributed by atoms with Crippen LogP contribution in [0, 0.1) is 11.6 Å². The second-order valence-corrected chi connectivity index (χ2v) is 4.07. The molecule has 0 spiro atoms. The SMILES string of the molecule is NC[C@H](c1ccc(F)c(F)c1)N1CCOCC1. The minimum atomic E-state index is -0.827. The van der Waals surface area contributed by atoms with Crippen molar-refractivity contribution in [1.29, 1.82) is 0 Å². The zero-order chi connectivity index (χ0) is 12.3. The highest BCUT2D eigenvalue weighted by Crippen LogP contribution is 2.22. The van der Waals surface area contributed by atoms with Crippen molar-refractivity contribution >= 4 is 0 Å². The van der Waals surface area contributed by atoms with Crippen LogP contribution >= 0.6 is 0 Å². The first-order chi connectivity index (χ1) is 8.22. The second kappa shape index (κ2) is 5.53. The third-order valence-electron chi connectivity index (χ3n) is 3.04. The summed E-state index contributed by atoms with van der Waals surface area (Å²) in [5.74, 6) is -1.65. The highest BCUT2D eigenvalue weighted by molar-refractivity contribution is 5.22. The van der Waals surface area contributed by atoms with Crippen molar-refractivity contribution in [3.63, 3.8) is 0 Å². The molecule has 1 saturated heterocycles. The van der Waals surface area contributed by atoms with E-state index in [0.29, 0.717) is 25.3 Å². The molecule has 3 nitrogen and oxygen atoms in total. The van der Waals surface area contributed by atoms with Gasteiger partial charge in [-0.15, -0.1) is 0 Å². The van der Waals surface area contributed by atoms with Gasteiger partial charge in [0.25, 0.3) is 0 Å². The van der Waals surface area contributed by atoms with E-state index in [1.165, 1.54) is 6.07 Å². The number of rotatable bonds is 3. The van der Waals surface area contributed by atoms with E-state index < -0.39 is 11.6 Å². The minimum absolute atomic E-state index is 0.0750. The zero-order valence-electron chi connectivity index (χ0n) is 9.53. The molecule has 0 radical (unpaired) electrons. The van der Waals surface area contributed by atoms with E-state index >= 15 is 0 Å². The molecule has 0 aromatic heterocycles. The van der Waals surface area contributed by atoms with Crippen molar-refractivity contribution in [2.24, 2.45) is 5.73 Å². The Kier molecular flexibility index (Phi) is 4.04. The fraction of sp³-hybridized carbons (Fsp3) is 0.500. The minimum Gasteiger partial charge on any atom is -0.379 e. The van der Waals surface area contributed by atoms with Gasteiger partial charge in [-0.2, -0.15) is 0 Å². The lowest BCUT2D eigenvalue weighted by atomic mass is 10.0. The maximum absolute atomic E-state index is 13.2. The van der Waals surface area contributed by atoms with Crippen LogP contribution in [-0.2, 0) is 4.74 Å². The third-order valence-corrected chi connectivity index (χ3v) is 3.04. The van der Waals surface area contributed by atoms with Gasteiger partial charge in [0, 0.05) is 25.7 Å². The van der Waals surface area contributed by atoms with Crippen LogP contribution in [0.3, 0.4) is 0 Å². The molecular formula is C12H16F2N2O. The molecule has 0 aliphatic carbocycles. The quantitative estimate of drug-likeness (QED) is 0.868. The maximum atomic E-state index is 13.2. The molecular weight excluding hydrogens is 226 g/mol. The molecule has 2 N–H and O–H groups in total. The molecule has 17 heavy (non-hydrogen) atoms. The number of hydrogen-bond acceptors (Lipinski definition) is 3. The standard InChI is InChI=1S/C12H16F2N2O/c13-10-2-1-9(7-11(10)14)12(8-15)16-3-5-17-6-4-16/h1-2,7,12H,3-6,8,15H2/t12-/m1/s1. The summed E-state index contributed by atoms with van der Waals surface area (Å²) in [4.78, 5) is 2.14. The van der Waals surface area contributed by atoms with Crippen LogP contribution in [0.1, 0.15) is 11.6 Å². The molecule has 0 saturated carbocycles. The van der Waals surface area contributed by atoms with Crippen molar-refractivity contribution < 1.29 is 13.5 Å². The molecule has 0 amide bonds. The van der Waals surface area contributed by atoms with E-state index in [-0.39, 0.29) is 6.04 Å². The number of benzene rings is 1. The summed E-state index contributed by atoms with van der Waals surface area (Å²) in [6, 6.07) is 3.88. The summed E-state index contributed by atoms with van der Waals surface area (Å²) in [6.07, 6.45) is 0. The van der Waals surface area contributed by atoms with Crippen molar-refractivity contribution in [2.75, 3.05) is 32.8 Å². The largest absolute Gasteiger partial charge is 0.379 e. The van der Waals surface area contributed by atoms with E-state index in [1.54, 1.807) is 6.07 Å². The highest BCUT2D eigenvalue weighted by atomic mass is 19.2. The van der Waals surface area contributed by atoms with Gasteiger partial charge in [-0.25, -0.2) is 8.78 Å². The van der Waals surface area contributed by atoms with E-state index in [0.717, 1.165) is 19.2 Å². The molecule has 1 fully saturated rings. The van der Waals surface area contributed by atoms with Gasteiger partial charge < -0.3 is 10.5 Å². The Hall–Kier alpha value is -1.04. The van der Waals surface area contributed by atoms with E-state index in [1.807, 2.05) is 0 Å². The number of halogens is 2. The van der Waals surface area contributed by atoms with Gasteiger partial charge >= 0.3 is 0 Å². The van der Waals surface area contributed by atoms with Crippen molar-refractivity contribution in [3.8, 4) is 0 Å². The molecule has 1 aliphatic rings. The van der Waals surface area contributed by atoms with Gasteiger partial charge in [-0.05, 0) is 17.7 Å². The molecule has 1 aromatic carbocycles. The summed E-state index contributed by atoms with van der Waals surface area (Å²) in [5.41, 5.74) is 6.44. The third kappa shape index (κ3) is 2.80. The van der Waals surface area contributed by atoms with E-state index in [4.69, 9.17) is 10.5 Å². The molecule has 1 heterocycles. The Morgan fingerprint density at radius 3 is 2.53 bits per heavy atom. The molecule has 94 valence electrons. The van der Waals surface area contributed by atoms with Gasteiger partial charge in [0.15, 0.2) is 11.6 Å². The van der Waals surface area contributed by atoms with Crippen LogP contribution < -0.4 is 5.73 Å². The molecule has 0 bridgehead atoms. The number of morpholine rings is 1. The molecule has 0 unspecified atom stereocenters. The van der Waals surface area contributed by atoms with Crippen molar-refractivity contribution in [2.45, 2.75) is 6.04 Å². The number of hydrogen-bond donors (Lipinski definition) is 1. The average Bonchev–Trinajstić information content (AvgIpc) is 2.36. The van der Waals surface area contributed by atoms with Crippen LogP contribution in [0.4, 0.5) is 8.78 Å². The number of nitrogens with two attached hydrogens (primary N) is 1. The normalized spacial score (nSPS) is 19.2. The molecule has 5 heteroatoms. The monoisotopic (exact) mass is 242 g/mol. The molecule has 1 aromatic rings. The molecule has 1 atom stereocenters. The van der Waals surface area contributed by atoms with Crippen LogP contribution in [0.25, 0.3) is 0 Å². The van der Waals surface area contributed by atoms with Gasteiger partial charge in [0.2, 0.25) is 0 Å². The van der Waals surface area contributed by atoms with Crippen molar-refractivity contribution in [3.05, 3.63) is 35.4 Å². The van der Waals surface area contributed by atoms with Gasteiger partial charge in [-0.1, -0.05) is 6.07 Å². The summed E-state index contributed by atoms with van der Waals surface area (Å²) >= 11 is 0. The Balaban J connectivity index is 2.18. The highest BCUT2D eigenvalue weighted by Gasteiger charge is 2.22. The predicted octanol–water partition coefficient (Wildman–Crippen LogP) is 1.30. The van der Waals surface area contributed by atoms with Crippen LogP contribution in [0.15, 0.2) is 18.2 Å². The lowest BCUT2D eigenvalue weighted by Crippen LogP contribution is -2.41. The average molecular weight is 242 g/mol. The molecule has 2 rings (SSSR count). The second-order valence-electron chi connectivity index (χ2n) is 4.07. The fourth-order valence-corrected chi connectivity index (χ4v) is 2.10. The zero-order valence-corrected chi connectivity index (χ0v) is 9.53. The number of nitrogens with zero attached hydrogens (tertiary/aromatic N) is 1. The van der Waals surface area contributed by atoms with Gasteiger partial charge in [0.05, 0.1) is 13.2 Å². The first-order valence-electron chi connectivity index (χ1n) is 5.69. The van der Waals surface area contributed by atoms with Crippen LogP contribution in [-0.4, -0.2) is 37.7 Å². The van der Waals surface area contributed by atoms with Gasteiger partial charge in [-0.3, -0.25) is 4.90 Å². The summed E-state index contributed by atoms with van der Waals surface area (Å²) in [6.45, 7) is 3.22. The summed E-state index contributed by atoms with van der Waals surface area (Å²) < 4.78 is 31.3. The summed E-state index contributed by atoms with van der Waals surface area (Å²) in [7, 11) is 0. The lowest BCUT2D eigenvalue weighted by molar-refractivity contribution is 0.0178. The maximum Gasteiger partial charge on any atom is 0.159 e. The van der Waals surface area contributed by atoms with E-state index in [9.17, 15) is 8.78 Å². The topological polar surface area (TPSA) is 38.5 Å². The fourth-order valence-electron chi connectivity index (χ4n) is 2.10.